The van der Waals surface area contributed by atoms with Crippen LogP contribution >= 0.6 is 0 Å². The molecule has 0 bridgehead atoms. The van der Waals surface area contributed by atoms with Gasteiger partial charge in [-0.25, -0.2) is 15.4 Å². The first-order chi connectivity index (χ1) is 22.3. The maximum atomic E-state index is 13.6. The summed E-state index contributed by atoms with van der Waals surface area (Å²) in [4.78, 5) is 32.1. The number of benzene rings is 2. The average Bonchev–Trinajstić information content (AvgIpc) is 3.06. The number of alkyl halides is 2. The van der Waals surface area contributed by atoms with Crippen LogP contribution in [-0.4, -0.2) is 84.8 Å². The highest BCUT2D eigenvalue weighted by atomic mass is 19.3. The smallest absolute Gasteiger partial charge is 0.318 e. The van der Waals surface area contributed by atoms with Gasteiger partial charge in [0.25, 0.3) is 0 Å². The summed E-state index contributed by atoms with van der Waals surface area (Å²) in [5.74, 6) is -2.00. The van der Waals surface area contributed by atoms with E-state index in [0.717, 1.165) is 35.7 Å². The maximum Gasteiger partial charge on any atom is 0.318 e. The molecular weight excluding hydrogens is 590 g/mol. The van der Waals surface area contributed by atoms with Gasteiger partial charge in [0.15, 0.2) is 0 Å². The molecule has 2 aliphatic heterocycles. The van der Waals surface area contributed by atoms with E-state index in [1.54, 1.807) is 4.90 Å². The Labute approximate surface area is 268 Å². The van der Waals surface area contributed by atoms with Gasteiger partial charge in [-0.05, 0) is 49.3 Å². The van der Waals surface area contributed by atoms with Gasteiger partial charge in [-0.3, -0.25) is 4.79 Å². The van der Waals surface area contributed by atoms with Crippen molar-refractivity contribution in [3.8, 4) is 6.01 Å². The highest BCUT2D eigenvalue weighted by Crippen LogP contribution is 2.36. The van der Waals surface area contributed by atoms with Crippen LogP contribution in [0.1, 0.15) is 42.5 Å². The van der Waals surface area contributed by atoms with E-state index in [-0.39, 0.29) is 56.7 Å². The van der Waals surface area contributed by atoms with Crippen LogP contribution in [0, 0.1) is 13.5 Å². The minimum absolute atomic E-state index is 0.150. The van der Waals surface area contributed by atoms with Crippen molar-refractivity contribution in [2.75, 3.05) is 55.7 Å². The van der Waals surface area contributed by atoms with Crippen LogP contribution in [0.5, 0.6) is 6.01 Å². The molecule has 0 radical (unpaired) electrons. The number of piperazine rings is 1. The number of aromatic nitrogens is 2. The minimum atomic E-state index is -2.60. The van der Waals surface area contributed by atoms with Crippen molar-refractivity contribution in [3.05, 3.63) is 77.3 Å². The molecule has 0 spiro atoms. The third-order valence-electron chi connectivity index (χ3n) is 9.33. The molecule has 3 aromatic rings. The summed E-state index contributed by atoms with van der Waals surface area (Å²) in [6.45, 7) is 16.7. The van der Waals surface area contributed by atoms with Gasteiger partial charge in [-0.1, -0.05) is 36.9 Å². The highest BCUT2D eigenvalue weighted by molar-refractivity contribution is 5.97. The Morgan fingerprint density at radius 3 is 2.65 bits per heavy atom. The molecule has 11 heteroatoms. The second kappa shape index (κ2) is 13.6. The molecule has 1 atom stereocenters. The fourth-order valence-electron chi connectivity index (χ4n) is 6.93. The Kier molecular flexibility index (Phi) is 9.36. The number of amides is 1. The van der Waals surface area contributed by atoms with Crippen LogP contribution < -0.4 is 14.5 Å². The number of carbonyl (C=O) groups excluding carboxylic acids is 1. The predicted molar refractivity (Wildman–Crippen MR) is 174 cm³/mol. The molecule has 9 nitrogen and oxygen atoms in total. The molecule has 2 aromatic carbocycles. The number of anilines is 2. The van der Waals surface area contributed by atoms with Crippen molar-refractivity contribution < 1.29 is 23.0 Å². The normalized spacial score (nSPS) is 19.9. The van der Waals surface area contributed by atoms with Gasteiger partial charge in [0.2, 0.25) is 18.4 Å². The average molecular weight is 631 g/mol. The molecule has 6 rings (SSSR count). The number of hydrogen-bond donors (Lipinski definition) is 0. The van der Waals surface area contributed by atoms with Crippen LogP contribution in [-0.2, 0) is 22.5 Å². The zero-order valence-corrected chi connectivity index (χ0v) is 26.3. The first-order valence-corrected chi connectivity index (χ1v) is 16.0. The van der Waals surface area contributed by atoms with E-state index in [9.17, 15) is 13.6 Å². The van der Waals surface area contributed by atoms with Crippen LogP contribution in [0.4, 0.5) is 20.3 Å². The first-order valence-electron chi connectivity index (χ1n) is 16.0. The van der Waals surface area contributed by atoms with E-state index in [2.05, 4.69) is 64.5 Å². The molecule has 0 N–H and O–H groups in total. The molecule has 1 amide bonds. The summed E-state index contributed by atoms with van der Waals surface area (Å²) in [5.41, 5.74) is 4.29. The topological polar surface area (TPSA) is 75.4 Å². The van der Waals surface area contributed by atoms with Crippen LogP contribution in [0.3, 0.4) is 0 Å². The molecule has 242 valence electrons. The standard InChI is InChI=1S/C35H40F2N6O3/c1-4-31(44)43-18-17-42(22-26(43)21-38-3)33-28-13-16-41(30-10-6-9-25-8-5-7-24(2)32(25)30)23-29(28)39-34(40-33)46-20-19-45-27-11-14-35(36,37)15-12-27/h4-10,26-27H,1,11-23H2,2H3/t26-/m0/s1. The Balaban J connectivity index is 1.25. The summed E-state index contributed by atoms with van der Waals surface area (Å²) >= 11 is 0. The lowest BCUT2D eigenvalue weighted by Crippen LogP contribution is -2.56. The molecule has 1 saturated carbocycles. The molecular formula is C35H40F2N6O3. The zero-order valence-electron chi connectivity index (χ0n) is 26.3. The monoisotopic (exact) mass is 630 g/mol. The molecule has 1 aliphatic carbocycles. The number of nitrogens with zero attached hydrogens (tertiary/aromatic N) is 6. The number of ether oxygens (including phenoxy) is 2. The zero-order chi connectivity index (χ0) is 32.3. The molecule has 46 heavy (non-hydrogen) atoms. The van der Waals surface area contributed by atoms with Crippen LogP contribution in [0.15, 0.2) is 49.1 Å². The van der Waals surface area contributed by atoms with E-state index in [4.69, 9.17) is 26.0 Å². The highest BCUT2D eigenvalue weighted by Gasteiger charge is 2.36. The third kappa shape index (κ3) is 6.77. The van der Waals surface area contributed by atoms with Gasteiger partial charge >= 0.3 is 6.01 Å². The van der Waals surface area contributed by atoms with Crippen molar-refractivity contribution in [3.63, 3.8) is 0 Å². The minimum Gasteiger partial charge on any atom is -0.461 e. The quantitative estimate of drug-likeness (QED) is 0.173. The molecule has 1 saturated heterocycles. The maximum absolute atomic E-state index is 13.6. The number of halogens is 2. The number of rotatable bonds is 9. The van der Waals surface area contributed by atoms with Gasteiger partial charge in [-0.15, -0.1) is 0 Å². The predicted octanol–water partition coefficient (Wildman–Crippen LogP) is 5.60. The molecule has 0 unspecified atom stereocenters. The van der Waals surface area contributed by atoms with E-state index in [1.807, 2.05) is 0 Å². The number of carbonyl (C=O) groups is 1. The van der Waals surface area contributed by atoms with Gasteiger partial charge < -0.3 is 29.0 Å². The summed E-state index contributed by atoms with van der Waals surface area (Å²) in [6.07, 6.45) is 2.20. The van der Waals surface area contributed by atoms with E-state index in [1.165, 1.54) is 22.4 Å². The number of aryl methyl sites for hydroxylation is 1. The summed E-state index contributed by atoms with van der Waals surface area (Å²) in [5, 5.41) is 2.41. The van der Waals surface area contributed by atoms with Crippen molar-refractivity contribution in [2.24, 2.45) is 0 Å². The molecule has 3 heterocycles. The second-order valence-corrected chi connectivity index (χ2v) is 12.3. The SMILES string of the molecule is [C-]#[N+]C[C@H]1CN(c2nc(OCCOC3CCC(F)(F)CC3)nc3c2CCN(c2cccc4cccc(C)c24)C3)CCN1C(=O)C=C. The largest absolute Gasteiger partial charge is 0.461 e. The third-order valence-corrected chi connectivity index (χ3v) is 9.33. The Bertz CT molecular complexity index is 1630. The lowest BCUT2D eigenvalue weighted by Gasteiger charge is -2.41. The Morgan fingerprint density at radius 1 is 1.11 bits per heavy atom. The lowest BCUT2D eigenvalue weighted by atomic mass is 9.94. The lowest BCUT2D eigenvalue weighted by molar-refractivity contribution is -0.128. The van der Waals surface area contributed by atoms with Gasteiger partial charge in [0.1, 0.15) is 18.5 Å². The fourth-order valence-corrected chi connectivity index (χ4v) is 6.93. The van der Waals surface area contributed by atoms with Gasteiger partial charge in [-0.2, -0.15) is 9.97 Å². The van der Waals surface area contributed by atoms with Crippen LogP contribution in [0.2, 0.25) is 0 Å². The second-order valence-electron chi connectivity index (χ2n) is 12.3. The molecule has 2 fully saturated rings. The summed E-state index contributed by atoms with van der Waals surface area (Å²) in [6, 6.07) is 12.7. The van der Waals surface area contributed by atoms with Crippen LogP contribution in [0.25, 0.3) is 15.6 Å². The molecule has 3 aliphatic rings. The fraction of sp³-hybridized carbons (Fsp3) is 0.486. The van der Waals surface area contributed by atoms with Crippen molar-refractivity contribution >= 4 is 28.2 Å². The Morgan fingerprint density at radius 2 is 1.89 bits per heavy atom. The van der Waals surface area contributed by atoms with Crippen molar-refractivity contribution in [1.82, 2.24) is 14.9 Å². The molecule has 1 aromatic heterocycles. The van der Waals surface area contributed by atoms with E-state index >= 15 is 0 Å². The number of hydrogen-bond acceptors (Lipinski definition) is 7. The van der Waals surface area contributed by atoms with E-state index < -0.39 is 5.92 Å². The Hall–Kier alpha value is -4.30. The summed E-state index contributed by atoms with van der Waals surface area (Å²) in [7, 11) is 0. The van der Waals surface area contributed by atoms with Gasteiger partial charge in [0, 0.05) is 55.7 Å². The van der Waals surface area contributed by atoms with Crippen molar-refractivity contribution in [2.45, 2.75) is 63.6 Å². The van der Waals surface area contributed by atoms with Crippen molar-refractivity contribution in [1.29, 1.82) is 0 Å². The summed E-state index contributed by atoms with van der Waals surface area (Å²) < 4.78 is 39.0. The van der Waals surface area contributed by atoms with E-state index in [0.29, 0.717) is 39.0 Å². The first kappa shape index (κ1) is 31.7. The van der Waals surface area contributed by atoms with Gasteiger partial charge in [0.05, 0.1) is 24.9 Å². The number of fused-ring (bicyclic) bond motifs is 2.